The first-order valence-corrected chi connectivity index (χ1v) is 10.0. The summed E-state index contributed by atoms with van der Waals surface area (Å²) in [5, 5.41) is 14.9. The molecule has 1 atom stereocenters. The maximum atomic E-state index is 13.4. The molecular formula is C21H23NO3S. The molecule has 1 aliphatic heterocycles. The number of hydrogen-bond donors (Lipinski definition) is 2. The molecule has 1 unspecified atom stereocenters. The number of rotatable bonds is 3. The summed E-state index contributed by atoms with van der Waals surface area (Å²) in [6, 6.07) is 11.3. The van der Waals surface area contributed by atoms with Gasteiger partial charge in [0, 0.05) is 40.3 Å². The summed E-state index contributed by atoms with van der Waals surface area (Å²) >= 11 is 0. The molecule has 0 saturated heterocycles. The molecule has 0 bridgehead atoms. The summed E-state index contributed by atoms with van der Waals surface area (Å²) < 4.78 is 19.4. The summed E-state index contributed by atoms with van der Waals surface area (Å²) in [5.74, 6) is 1.03. The number of fused-ring (bicyclic) bond motifs is 3. The first-order chi connectivity index (χ1) is 12.4. The molecule has 2 aromatic carbocycles. The van der Waals surface area contributed by atoms with Gasteiger partial charge >= 0.3 is 0 Å². The van der Waals surface area contributed by atoms with E-state index in [1.165, 1.54) is 5.56 Å². The summed E-state index contributed by atoms with van der Waals surface area (Å²) in [7, 11) is -1.38. The van der Waals surface area contributed by atoms with Crippen molar-refractivity contribution in [2.45, 2.75) is 49.1 Å². The van der Waals surface area contributed by atoms with Crippen LogP contribution in [0.1, 0.15) is 36.3 Å². The molecule has 136 valence electrons. The van der Waals surface area contributed by atoms with E-state index in [1.54, 1.807) is 13.8 Å². The van der Waals surface area contributed by atoms with E-state index in [0.29, 0.717) is 10.5 Å². The third kappa shape index (κ3) is 2.90. The van der Waals surface area contributed by atoms with Gasteiger partial charge in [-0.1, -0.05) is 18.2 Å². The quantitative estimate of drug-likeness (QED) is 0.737. The zero-order valence-electron chi connectivity index (χ0n) is 15.3. The molecule has 0 aliphatic carbocycles. The minimum Gasteiger partial charge on any atom is -0.460 e. The minimum atomic E-state index is -1.38. The van der Waals surface area contributed by atoms with Crippen LogP contribution in [0, 0.1) is 6.92 Å². The third-order valence-corrected chi connectivity index (χ3v) is 6.35. The van der Waals surface area contributed by atoms with Crippen LogP contribution in [0.5, 0.6) is 0 Å². The topological polar surface area (TPSA) is 62.5 Å². The summed E-state index contributed by atoms with van der Waals surface area (Å²) in [4.78, 5) is 1.38. The van der Waals surface area contributed by atoms with Crippen LogP contribution in [-0.2, 0) is 29.4 Å². The van der Waals surface area contributed by atoms with Crippen molar-refractivity contribution in [1.29, 1.82) is 0 Å². The molecule has 5 heteroatoms. The van der Waals surface area contributed by atoms with Crippen molar-refractivity contribution in [3.05, 3.63) is 58.8 Å². The van der Waals surface area contributed by atoms with E-state index < -0.39 is 16.4 Å². The Kier molecular flexibility index (Phi) is 4.26. The second kappa shape index (κ2) is 6.34. The van der Waals surface area contributed by atoms with Crippen LogP contribution >= 0.6 is 0 Å². The number of benzene rings is 2. The lowest BCUT2D eigenvalue weighted by Gasteiger charge is -2.21. The van der Waals surface area contributed by atoms with E-state index in [2.05, 4.69) is 5.32 Å². The van der Waals surface area contributed by atoms with Crippen LogP contribution < -0.4 is 5.32 Å². The summed E-state index contributed by atoms with van der Waals surface area (Å²) in [6.07, 6.45) is 0.878. The molecule has 4 nitrogen and oxygen atoms in total. The SMILES string of the molecule is Cc1cc(S(=O)c2ccccc2C(C)(C)O)cc2c3c(oc12)CCNC3. The van der Waals surface area contributed by atoms with E-state index in [1.807, 2.05) is 43.3 Å². The van der Waals surface area contributed by atoms with Gasteiger partial charge in [0.1, 0.15) is 11.3 Å². The van der Waals surface area contributed by atoms with E-state index in [9.17, 15) is 9.32 Å². The monoisotopic (exact) mass is 369 g/mol. The predicted octanol–water partition coefficient (Wildman–Crippen LogP) is 3.78. The van der Waals surface area contributed by atoms with Gasteiger partial charge in [0.25, 0.3) is 0 Å². The van der Waals surface area contributed by atoms with Gasteiger partial charge in [-0.2, -0.15) is 0 Å². The molecule has 0 saturated carbocycles. The third-order valence-electron chi connectivity index (χ3n) is 4.93. The van der Waals surface area contributed by atoms with Gasteiger partial charge < -0.3 is 14.8 Å². The second-order valence-corrected chi connectivity index (χ2v) is 8.82. The molecule has 0 amide bonds. The first kappa shape index (κ1) is 17.5. The molecule has 2 heterocycles. The van der Waals surface area contributed by atoms with Crippen molar-refractivity contribution >= 4 is 21.8 Å². The Morgan fingerprint density at radius 3 is 2.77 bits per heavy atom. The van der Waals surface area contributed by atoms with Crippen LogP contribution in [0.15, 0.2) is 50.6 Å². The second-order valence-electron chi connectivity index (χ2n) is 7.37. The molecule has 0 spiro atoms. The zero-order chi connectivity index (χ0) is 18.5. The number of nitrogens with one attached hydrogen (secondary N) is 1. The molecule has 2 N–H and O–H groups in total. The van der Waals surface area contributed by atoms with E-state index in [-0.39, 0.29) is 0 Å². The average Bonchev–Trinajstić information content (AvgIpc) is 3.00. The van der Waals surface area contributed by atoms with Crippen molar-refractivity contribution in [3.8, 4) is 0 Å². The maximum absolute atomic E-state index is 13.4. The zero-order valence-corrected chi connectivity index (χ0v) is 16.1. The number of hydrogen-bond acceptors (Lipinski definition) is 4. The van der Waals surface area contributed by atoms with Gasteiger partial charge in [-0.25, -0.2) is 4.21 Å². The van der Waals surface area contributed by atoms with Crippen molar-refractivity contribution in [1.82, 2.24) is 5.32 Å². The highest BCUT2D eigenvalue weighted by molar-refractivity contribution is 7.85. The van der Waals surface area contributed by atoms with Crippen LogP contribution in [0.2, 0.25) is 0 Å². The Labute approximate surface area is 155 Å². The summed E-state index contributed by atoms with van der Waals surface area (Å²) in [6.45, 7) is 7.13. The van der Waals surface area contributed by atoms with Crippen molar-refractivity contribution in [2.75, 3.05) is 6.54 Å². The Bertz CT molecular complexity index is 1010. The largest absolute Gasteiger partial charge is 0.460 e. The van der Waals surface area contributed by atoms with Crippen molar-refractivity contribution in [2.24, 2.45) is 0 Å². The first-order valence-electron chi connectivity index (χ1n) is 8.85. The molecule has 3 aromatic rings. The van der Waals surface area contributed by atoms with Crippen LogP contribution in [-0.4, -0.2) is 15.9 Å². The van der Waals surface area contributed by atoms with E-state index in [0.717, 1.165) is 46.7 Å². The van der Waals surface area contributed by atoms with Gasteiger partial charge in [0.05, 0.1) is 16.4 Å². The minimum absolute atomic E-state index is 0.647. The average molecular weight is 369 g/mol. The standard InChI is InChI=1S/C21H23NO3S/c1-13-10-14(11-15-16-12-22-9-8-18(16)25-20(13)15)26(24)19-7-5-4-6-17(19)21(2,3)23/h4-7,10-11,22-23H,8-9,12H2,1-3H3. The fourth-order valence-electron chi connectivity index (χ4n) is 3.61. The molecule has 0 radical (unpaired) electrons. The highest BCUT2D eigenvalue weighted by Crippen LogP contribution is 2.35. The Hall–Kier alpha value is -1.95. The molecule has 26 heavy (non-hydrogen) atoms. The van der Waals surface area contributed by atoms with Crippen LogP contribution in [0.25, 0.3) is 11.0 Å². The lowest BCUT2D eigenvalue weighted by molar-refractivity contribution is 0.0756. The van der Waals surface area contributed by atoms with Gasteiger partial charge in [0.2, 0.25) is 0 Å². The Morgan fingerprint density at radius 2 is 2.00 bits per heavy atom. The normalized spacial score (nSPS) is 15.8. The lowest BCUT2D eigenvalue weighted by atomic mass is 9.99. The fraction of sp³-hybridized carbons (Fsp3) is 0.333. The van der Waals surface area contributed by atoms with Gasteiger partial charge in [0.15, 0.2) is 0 Å². The highest BCUT2D eigenvalue weighted by atomic mass is 32.2. The van der Waals surface area contributed by atoms with Crippen molar-refractivity contribution < 1.29 is 13.7 Å². The van der Waals surface area contributed by atoms with E-state index >= 15 is 0 Å². The number of furan rings is 1. The molecular weight excluding hydrogens is 346 g/mol. The van der Waals surface area contributed by atoms with Gasteiger partial charge in [-0.15, -0.1) is 0 Å². The van der Waals surface area contributed by atoms with Gasteiger partial charge in [-0.05, 0) is 50.1 Å². The van der Waals surface area contributed by atoms with Gasteiger partial charge in [-0.3, -0.25) is 0 Å². The number of aliphatic hydroxyl groups is 1. The lowest BCUT2D eigenvalue weighted by Crippen LogP contribution is -2.22. The number of aryl methyl sites for hydroxylation is 1. The maximum Gasteiger partial charge on any atom is 0.137 e. The van der Waals surface area contributed by atoms with Crippen molar-refractivity contribution in [3.63, 3.8) is 0 Å². The van der Waals surface area contributed by atoms with Crippen LogP contribution in [0.4, 0.5) is 0 Å². The smallest absolute Gasteiger partial charge is 0.137 e. The van der Waals surface area contributed by atoms with Crippen LogP contribution in [0.3, 0.4) is 0 Å². The molecule has 1 aliphatic rings. The molecule has 0 fully saturated rings. The van der Waals surface area contributed by atoms with E-state index in [4.69, 9.17) is 4.42 Å². The molecule has 1 aromatic heterocycles. The Morgan fingerprint density at radius 1 is 1.23 bits per heavy atom. The predicted molar refractivity (Wildman–Crippen MR) is 103 cm³/mol. The Balaban J connectivity index is 1.86. The molecule has 4 rings (SSSR count). The summed E-state index contributed by atoms with van der Waals surface area (Å²) in [5.41, 5.74) is 2.68. The highest BCUT2D eigenvalue weighted by Gasteiger charge is 2.25. The fourth-order valence-corrected chi connectivity index (χ4v) is 5.10.